The van der Waals surface area contributed by atoms with Crippen LogP contribution in [0.2, 0.25) is 0 Å². The Hall–Kier alpha value is -1.14. The fourth-order valence-corrected chi connectivity index (χ4v) is 1.24. The highest BCUT2D eigenvalue weighted by Crippen LogP contribution is 2.03. The third kappa shape index (κ3) is 5.09. The first-order valence-electron chi connectivity index (χ1n) is 5.39. The molecule has 0 rings (SSSR count). The molecule has 0 unspecified atom stereocenters. The molecule has 0 aromatic carbocycles. The minimum atomic E-state index is -1.05. The normalized spacial score (nSPS) is 14.6. The highest BCUT2D eigenvalue weighted by Gasteiger charge is 2.25. The lowest BCUT2D eigenvalue weighted by Crippen LogP contribution is -2.50. The van der Waals surface area contributed by atoms with Gasteiger partial charge in [0, 0.05) is 0 Å². The van der Waals surface area contributed by atoms with E-state index < -0.39 is 24.0 Å². The van der Waals surface area contributed by atoms with E-state index in [9.17, 15) is 9.59 Å². The Bertz CT molecular complexity index is 243. The molecule has 0 radical (unpaired) electrons. The first kappa shape index (κ1) is 14.9. The van der Waals surface area contributed by atoms with Gasteiger partial charge in [0.15, 0.2) is 0 Å². The largest absolute Gasteiger partial charge is 0.480 e. The molecule has 0 saturated heterocycles. The van der Waals surface area contributed by atoms with E-state index in [1.807, 2.05) is 0 Å². The molecule has 6 nitrogen and oxygen atoms in total. The van der Waals surface area contributed by atoms with Crippen molar-refractivity contribution >= 4 is 11.9 Å². The summed E-state index contributed by atoms with van der Waals surface area (Å²) < 4.78 is 0. The summed E-state index contributed by atoms with van der Waals surface area (Å²) in [5.74, 6) is -1.66. The molecule has 0 aliphatic carbocycles. The SMILES string of the molecule is CC(C)[C@H](NC(=O)[C@@H](N)CCCN)C(=O)O. The second kappa shape index (κ2) is 7.19. The van der Waals surface area contributed by atoms with Crippen molar-refractivity contribution in [3.05, 3.63) is 0 Å². The Morgan fingerprint density at radius 3 is 2.31 bits per heavy atom. The van der Waals surface area contributed by atoms with Crippen molar-refractivity contribution in [2.24, 2.45) is 17.4 Å². The quantitative estimate of drug-likeness (QED) is 0.461. The van der Waals surface area contributed by atoms with Gasteiger partial charge < -0.3 is 21.9 Å². The zero-order valence-corrected chi connectivity index (χ0v) is 9.77. The maximum atomic E-state index is 11.5. The van der Waals surface area contributed by atoms with Crippen LogP contribution in [0, 0.1) is 5.92 Å². The van der Waals surface area contributed by atoms with Crippen molar-refractivity contribution in [3.63, 3.8) is 0 Å². The summed E-state index contributed by atoms with van der Waals surface area (Å²) in [6, 6.07) is -1.58. The van der Waals surface area contributed by atoms with Gasteiger partial charge in [-0.25, -0.2) is 4.79 Å². The van der Waals surface area contributed by atoms with E-state index in [1.54, 1.807) is 13.8 Å². The molecule has 0 spiro atoms. The Morgan fingerprint density at radius 2 is 1.94 bits per heavy atom. The van der Waals surface area contributed by atoms with Gasteiger partial charge in [-0.3, -0.25) is 4.79 Å². The van der Waals surface area contributed by atoms with Crippen molar-refractivity contribution < 1.29 is 14.7 Å². The van der Waals surface area contributed by atoms with E-state index in [0.29, 0.717) is 19.4 Å². The van der Waals surface area contributed by atoms with Crippen LogP contribution >= 0.6 is 0 Å². The topological polar surface area (TPSA) is 118 Å². The van der Waals surface area contributed by atoms with Crippen LogP contribution in [0.4, 0.5) is 0 Å². The van der Waals surface area contributed by atoms with Crippen LogP contribution in [0.1, 0.15) is 26.7 Å². The molecule has 0 aliphatic heterocycles. The van der Waals surface area contributed by atoms with E-state index >= 15 is 0 Å². The minimum Gasteiger partial charge on any atom is -0.480 e. The number of aliphatic carboxylic acids is 1. The Kier molecular flexibility index (Phi) is 6.67. The Morgan fingerprint density at radius 1 is 1.38 bits per heavy atom. The maximum Gasteiger partial charge on any atom is 0.326 e. The van der Waals surface area contributed by atoms with Gasteiger partial charge in [0.05, 0.1) is 6.04 Å². The Balaban J connectivity index is 4.24. The molecule has 1 amide bonds. The van der Waals surface area contributed by atoms with Crippen LogP contribution in [0.3, 0.4) is 0 Å². The number of hydrogen-bond donors (Lipinski definition) is 4. The van der Waals surface area contributed by atoms with Crippen molar-refractivity contribution in [1.29, 1.82) is 0 Å². The summed E-state index contributed by atoms with van der Waals surface area (Å²) in [5.41, 5.74) is 10.9. The standard InChI is InChI=1S/C10H21N3O3/c1-6(2)8(10(15)16)13-9(14)7(12)4-3-5-11/h6-8H,3-5,11-12H2,1-2H3,(H,13,14)(H,15,16)/t7-,8-/m0/s1. The number of nitrogens with one attached hydrogen (secondary N) is 1. The van der Waals surface area contributed by atoms with Crippen LogP contribution in [0.5, 0.6) is 0 Å². The summed E-state index contributed by atoms with van der Waals surface area (Å²) >= 11 is 0. The Labute approximate surface area is 95.4 Å². The summed E-state index contributed by atoms with van der Waals surface area (Å²) in [4.78, 5) is 22.4. The zero-order valence-electron chi connectivity index (χ0n) is 9.77. The molecule has 0 bridgehead atoms. The first-order valence-corrected chi connectivity index (χ1v) is 5.39. The van der Waals surface area contributed by atoms with E-state index in [0.717, 1.165) is 0 Å². The molecule has 6 N–H and O–H groups in total. The van der Waals surface area contributed by atoms with Crippen LogP contribution < -0.4 is 16.8 Å². The lowest BCUT2D eigenvalue weighted by Gasteiger charge is -2.20. The van der Waals surface area contributed by atoms with Crippen LogP contribution in [0.25, 0.3) is 0 Å². The van der Waals surface area contributed by atoms with Crippen LogP contribution in [-0.4, -0.2) is 35.6 Å². The fourth-order valence-electron chi connectivity index (χ4n) is 1.24. The average molecular weight is 231 g/mol. The van der Waals surface area contributed by atoms with E-state index in [1.165, 1.54) is 0 Å². The number of carboxylic acids is 1. The number of hydrogen-bond acceptors (Lipinski definition) is 4. The van der Waals surface area contributed by atoms with E-state index in [-0.39, 0.29) is 5.92 Å². The number of carboxylic acid groups (broad SMARTS) is 1. The molecule has 0 fully saturated rings. The van der Waals surface area contributed by atoms with Gasteiger partial charge in [0.25, 0.3) is 0 Å². The van der Waals surface area contributed by atoms with E-state index in [2.05, 4.69) is 5.32 Å². The molecule has 0 aromatic rings. The van der Waals surface area contributed by atoms with Gasteiger partial charge in [0.1, 0.15) is 6.04 Å². The highest BCUT2D eigenvalue weighted by atomic mass is 16.4. The molecule has 16 heavy (non-hydrogen) atoms. The molecular weight excluding hydrogens is 210 g/mol. The molecule has 0 heterocycles. The summed E-state index contributed by atoms with van der Waals surface area (Å²) in [6.07, 6.45) is 1.11. The smallest absolute Gasteiger partial charge is 0.326 e. The number of amides is 1. The van der Waals surface area contributed by atoms with Crippen molar-refractivity contribution in [3.8, 4) is 0 Å². The summed E-state index contributed by atoms with van der Waals surface area (Å²) in [6.45, 7) is 3.92. The van der Waals surface area contributed by atoms with Crippen LogP contribution in [0.15, 0.2) is 0 Å². The summed E-state index contributed by atoms with van der Waals surface area (Å²) in [7, 11) is 0. The van der Waals surface area contributed by atoms with Gasteiger partial charge >= 0.3 is 5.97 Å². The number of nitrogens with two attached hydrogens (primary N) is 2. The number of carbonyl (C=O) groups is 2. The van der Waals surface area contributed by atoms with Gasteiger partial charge in [-0.15, -0.1) is 0 Å². The van der Waals surface area contributed by atoms with E-state index in [4.69, 9.17) is 16.6 Å². The lowest BCUT2D eigenvalue weighted by atomic mass is 10.0. The molecule has 6 heteroatoms. The molecule has 0 aliphatic rings. The second-order valence-electron chi connectivity index (χ2n) is 4.11. The molecule has 94 valence electrons. The lowest BCUT2D eigenvalue weighted by molar-refractivity contribution is -0.143. The van der Waals surface area contributed by atoms with Gasteiger partial charge in [-0.2, -0.15) is 0 Å². The first-order chi connectivity index (χ1) is 7.40. The van der Waals surface area contributed by atoms with Gasteiger partial charge in [-0.05, 0) is 25.3 Å². The third-order valence-electron chi connectivity index (χ3n) is 2.29. The minimum absolute atomic E-state index is 0.178. The monoisotopic (exact) mass is 231 g/mol. The highest BCUT2D eigenvalue weighted by molar-refractivity contribution is 5.86. The predicted octanol–water partition coefficient (Wildman–Crippen LogP) is -0.722. The summed E-state index contributed by atoms with van der Waals surface area (Å²) in [5, 5.41) is 11.3. The second-order valence-corrected chi connectivity index (χ2v) is 4.11. The van der Waals surface area contributed by atoms with Gasteiger partial charge in [0.2, 0.25) is 5.91 Å². The fraction of sp³-hybridized carbons (Fsp3) is 0.800. The third-order valence-corrected chi connectivity index (χ3v) is 2.29. The zero-order chi connectivity index (χ0) is 12.7. The molecule has 0 saturated carbocycles. The average Bonchev–Trinajstić information content (AvgIpc) is 2.20. The molecule has 0 aromatic heterocycles. The number of carbonyl (C=O) groups excluding carboxylic acids is 1. The number of rotatable bonds is 7. The van der Waals surface area contributed by atoms with Crippen molar-refractivity contribution in [1.82, 2.24) is 5.32 Å². The van der Waals surface area contributed by atoms with Crippen molar-refractivity contribution in [2.75, 3.05) is 6.54 Å². The van der Waals surface area contributed by atoms with Gasteiger partial charge in [-0.1, -0.05) is 13.8 Å². The molecule has 2 atom stereocenters. The van der Waals surface area contributed by atoms with Crippen molar-refractivity contribution in [2.45, 2.75) is 38.8 Å². The predicted molar refractivity (Wildman–Crippen MR) is 60.7 cm³/mol. The maximum absolute atomic E-state index is 11.5. The molecular formula is C10H21N3O3. The van der Waals surface area contributed by atoms with Crippen LogP contribution in [-0.2, 0) is 9.59 Å².